The standard InChI is InChI=1S/C81H144O17P2/c1-5-9-13-17-21-25-29-33-35-36-37-38-40-44-48-52-56-60-64-68-81(86)98-77(71-91-78(83)65-61-57-53-49-45-41-31-27-23-19-15-11-7-3)74-96-100(89,90)94-70-75(82)69-93-99(87,88)95-73-76(97-80(85)67-63-59-55-51-47-42-32-28-24-20-16-12-8-4)72-92-79(84)66-62-58-54-50-46-43-39-34-30-26-22-18-14-10-6-2/h21-22,25-26,33-35,37-39,44,48,56,60,75-77,82H,5-20,23-24,27-32,36,40-43,45-47,49-55,57-59,61-74H2,1-4H3,(H,87,88)(H,89,90)/b25-21-,26-22-,35-33-,38-37-,39-34-,48-44-,60-56-/t75-,76-,77-/m1/s1. The maximum Gasteiger partial charge on any atom is 0.472 e. The predicted molar refractivity (Wildman–Crippen MR) is 409 cm³/mol. The number of aliphatic hydroxyl groups is 1. The van der Waals surface area contributed by atoms with Crippen LogP contribution in [0.15, 0.2) is 85.1 Å². The van der Waals surface area contributed by atoms with Crippen LogP contribution >= 0.6 is 15.6 Å². The maximum absolute atomic E-state index is 13.1. The molecular weight excluding hydrogens is 1310 g/mol. The molecule has 0 radical (unpaired) electrons. The highest BCUT2D eigenvalue weighted by Crippen LogP contribution is 2.45. The van der Waals surface area contributed by atoms with Crippen LogP contribution in [0.25, 0.3) is 0 Å². The fraction of sp³-hybridized carbons (Fsp3) is 0.778. The summed E-state index contributed by atoms with van der Waals surface area (Å²) < 4.78 is 68.5. The molecule has 3 N–H and O–H groups in total. The monoisotopic (exact) mass is 1450 g/mol. The number of allylic oxidation sites excluding steroid dienone is 14. The second-order valence-electron chi connectivity index (χ2n) is 26.7. The van der Waals surface area contributed by atoms with Crippen LogP contribution in [0.4, 0.5) is 0 Å². The number of rotatable bonds is 75. The summed E-state index contributed by atoms with van der Waals surface area (Å²) in [4.78, 5) is 72.9. The van der Waals surface area contributed by atoms with Gasteiger partial charge in [0.05, 0.1) is 26.4 Å². The van der Waals surface area contributed by atoms with Crippen molar-refractivity contribution in [2.24, 2.45) is 0 Å². The minimum absolute atomic E-state index is 0.0254. The summed E-state index contributed by atoms with van der Waals surface area (Å²) in [6, 6.07) is 0. The molecular formula is C81H144O17P2. The summed E-state index contributed by atoms with van der Waals surface area (Å²) in [5.41, 5.74) is 0. The van der Waals surface area contributed by atoms with E-state index < -0.39 is 97.5 Å². The van der Waals surface area contributed by atoms with Crippen LogP contribution in [0.1, 0.15) is 349 Å². The molecule has 0 aliphatic carbocycles. The van der Waals surface area contributed by atoms with Crippen molar-refractivity contribution in [2.75, 3.05) is 39.6 Å². The van der Waals surface area contributed by atoms with Crippen molar-refractivity contribution in [3.05, 3.63) is 85.1 Å². The molecule has 580 valence electrons. The first-order valence-electron chi connectivity index (χ1n) is 39.8. The number of ether oxygens (including phenoxy) is 4. The normalized spacial score (nSPS) is 14.3. The second-order valence-corrected chi connectivity index (χ2v) is 29.6. The first kappa shape index (κ1) is 96.2. The van der Waals surface area contributed by atoms with E-state index in [4.69, 9.17) is 37.0 Å². The number of esters is 4. The van der Waals surface area contributed by atoms with Gasteiger partial charge in [-0.15, -0.1) is 0 Å². The number of hydrogen-bond donors (Lipinski definition) is 3. The molecule has 0 saturated heterocycles. The molecule has 0 aliphatic heterocycles. The summed E-state index contributed by atoms with van der Waals surface area (Å²) in [5.74, 6) is -2.26. The zero-order valence-corrected chi connectivity index (χ0v) is 65.2. The predicted octanol–water partition coefficient (Wildman–Crippen LogP) is 23.0. The third-order valence-electron chi connectivity index (χ3n) is 16.9. The van der Waals surface area contributed by atoms with E-state index in [1.54, 1.807) is 0 Å². The molecule has 0 aromatic carbocycles. The van der Waals surface area contributed by atoms with E-state index in [1.807, 2.05) is 18.2 Å². The molecule has 2 unspecified atom stereocenters. The van der Waals surface area contributed by atoms with Crippen LogP contribution in [-0.4, -0.2) is 96.7 Å². The number of phosphoric acid groups is 2. The molecule has 5 atom stereocenters. The van der Waals surface area contributed by atoms with Gasteiger partial charge in [0.1, 0.15) is 19.3 Å². The third kappa shape index (κ3) is 72.6. The summed E-state index contributed by atoms with van der Waals surface area (Å²) in [6.07, 6.45) is 75.8. The molecule has 0 amide bonds. The van der Waals surface area contributed by atoms with Crippen LogP contribution in [0.5, 0.6) is 0 Å². The lowest BCUT2D eigenvalue weighted by Crippen LogP contribution is -2.30. The topological polar surface area (TPSA) is 237 Å². The average molecular weight is 1450 g/mol. The van der Waals surface area contributed by atoms with E-state index in [1.165, 1.54) is 148 Å². The lowest BCUT2D eigenvalue weighted by Gasteiger charge is -2.21. The number of carbonyl (C=O) groups is 4. The zero-order valence-electron chi connectivity index (χ0n) is 63.4. The van der Waals surface area contributed by atoms with Crippen molar-refractivity contribution >= 4 is 39.5 Å². The summed E-state index contributed by atoms with van der Waals surface area (Å²) in [7, 11) is -9.97. The minimum Gasteiger partial charge on any atom is -0.462 e. The van der Waals surface area contributed by atoms with E-state index in [2.05, 4.69) is 94.5 Å². The van der Waals surface area contributed by atoms with E-state index in [-0.39, 0.29) is 25.7 Å². The molecule has 0 saturated carbocycles. The molecule has 0 aliphatic rings. The molecule has 0 rings (SSSR count). The molecule has 0 aromatic heterocycles. The van der Waals surface area contributed by atoms with Crippen molar-refractivity contribution in [3.63, 3.8) is 0 Å². The molecule has 17 nitrogen and oxygen atoms in total. The summed E-state index contributed by atoms with van der Waals surface area (Å²) >= 11 is 0. The SMILES string of the molecule is CCCCC/C=C\C/C=C\C/C=C\C/C=C\C/C=C\CCC(=O)O[C@H](COC(=O)CCCCCCCCCCCCCCC)COP(=O)(O)OC[C@H](O)COP(=O)(O)OC[C@@H](COC(=O)CCCCCCC/C=C\C/C=C\CCCCC)OC(=O)CCCCCCCCCCCCCCC. The van der Waals surface area contributed by atoms with Gasteiger partial charge in [0.25, 0.3) is 0 Å². The number of unbranched alkanes of at least 4 members (excludes halogenated alkanes) is 35. The molecule has 0 heterocycles. The molecule has 0 spiro atoms. The molecule has 0 aromatic rings. The van der Waals surface area contributed by atoms with Gasteiger partial charge in [-0.1, -0.05) is 312 Å². The van der Waals surface area contributed by atoms with Crippen LogP contribution in [0.3, 0.4) is 0 Å². The van der Waals surface area contributed by atoms with E-state index in [0.29, 0.717) is 32.1 Å². The Kier molecular flexibility index (Phi) is 70.8. The first-order valence-corrected chi connectivity index (χ1v) is 42.8. The van der Waals surface area contributed by atoms with E-state index in [0.717, 1.165) is 116 Å². The van der Waals surface area contributed by atoms with Crippen molar-refractivity contribution in [1.29, 1.82) is 0 Å². The highest BCUT2D eigenvalue weighted by molar-refractivity contribution is 7.47. The molecule has 0 fully saturated rings. The zero-order chi connectivity index (χ0) is 73.2. The lowest BCUT2D eigenvalue weighted by molar-refractivity contribution is -0.161. The maximum atomic E-state index is 13.1. The Morgan fingerprint density at radius 2 is 0.510 bits per heavy atom. The Morgan fingerprint density at radius 3 is 0.830 bits per heavy atom. The number of aliphatic hydroxyl groups excluding tert-OH is 1. The van der Waals surface area contributed by atoms with Gasteiger partial charge in [0, 0.05) is 25.7 Å². The smallest absolute Gasteiger partial charge is 0.462 e. The van der Waals surface area contributed by atoms with Crippen molar-refractivity contribution < 1.29 is 80.2 Å². The second kappa shape index (κ2) is 73.5. The van der Waals surface area contributed by atoms with Crippen LogP contribution in [0, 0.1) is 0 Å². The summed E-state index contributed by atoms with van der Waals surface area (Å²) in [6.45, 7) is 4.77. The molecule has 19 heteroatoms. The van der Waals surface area contributed by atoms with Gasteiger partial charge in [-0.25, -0.2) is 9.13 Å². The van der Waals surface area contributed by atoms with Gasteiger partial charge in [-0.3, -0.25) is 37.3 Å². The van der Waals surface area contributed by atoms with Crippen molar-refractivity contribution in [2.45, 2.75) is 367 Å². The number of phosphoric ester groups is 2. The fourth-order valence-electron chi connectivity index (χ4n) is 10.8. The average Bonchev–Trinajstić information content (AvgIpc) is 0.929. The van der Waals surface area contributed by atoms with Gasteiger partial charge in [-0.05, 0) is 96.3 Å². The Morgan fingerprint density at radius 1 is 0.280 bits per heavy atom. The van der Waals surface area contributed by atoms with Gasteiger partial charge < -0.3 is 33.8 Å². The highest BCUT2D eigenvalue weighted by Gasteiger charge is 2.30. The summed E-state index contributed by atoms with van der Waals surface area (Å²) in [5, 5.41) is 10.6. The van der Waals surface area contributed by atoms with E-state index in [9.17, 15) is 43.2 Å². The van der Waals surface area contributed by atoms with Gasteiger partial charge in [-0.2, -0.15) is 0 Å². The van der Waals surface area contributed by atoms with Crippen molar-refractivity contribution in [1.82, 2.24) is 0 Å². The lowest BCUT2D eigenvalue weighted by atomic mass is 10.0. The number of hydrogen-bond acceptors (Lipinski definition) is 15. The van der Waals surface area contributed by atoms with Crippen LogP contribution in [0.2, 0.25) is 0 Å². The molecule has 100 heavy (non-hydrogen) atoms. The largest absolute Gasteiger partial charge is 0.472 e. The Hall–Kier alpha value is -3.76. The van der Waals surface area contributed by atoms with Crippen molar-refractivity contribution in [3.8, 4) is 0 Å². The number of carbonyl (C=O) groups excluding carboxylic acids is 4. The minimum atomic E-state index is -4.99. The van der Waals surface area contributed by atoms with Gasteiger partial charge in [0.2, 0.25) is 0 Å². The Labute approximate surface area is 608 Å². The molecule has 0 bridgehead atoms. The Balaban J connectivity index is 5.40. The fourth-order valence-corrected chi connectivity index (χ4v) is 12.3. The van der Waals surface area contributed by atoms with Crippen LogP contribution in [-0.2, 0) is 65.4 Å². The highest BCUT2D eigenvalue weighted by atomic mass is 31.2. The van der Waals surface area contributed by atoms with E-state index >= 15 is 0 Å². The van der Waals surface area contributed by atoms with Gasteiger partial charge in [0.15, 0.2) is 12.2 Å². The van der Waals surface area contributed by atoms with Crippen LogP contribution < -0.4 is 0 Å². The Bertz CT molecular complexity index is 2230. The quantitative estimate of drug-likeness (QED) is 0.0169. The van der Waals surface area contributed by atoms with Gasteiger partial charge >= 0.3 is 39.5 Å². The third-order valence-corrected chi connectivity index (χ3v) is 18.8. The first-order chi connectivity index (χ1) is 48.7.